The number of carbonyl (C=O) groups is 1. The molecule has 0 bridgehead atoms. The summed E-state index contributed by atoms with van der Waals surface area (Å²) in [6.07, 6.45) is 0.299. The lowest BCUT2D eigenvalue weighted by atomic mass is 10.1. The van der Waals surface area contributed by atoms with Gasteiger partial charge in [0.15, 0.2) is 5.78 Å². The van der Waals surface area contributed by atoms with Crippen molar-refractivity contribution >= 4 is 33.3 Å². The van der Waals surface area contributed by atoms with E-state index in [0.29, 0.717) is 17.0 Å². The normalized spacial score (nSPS) is 10.7. The maximum Gasteiger partial charge on any atom is 0.170 e. The third-order valence-electron chi connectivity index (χ3n) is 2.67. The van der Waals surface area contributed by atoms with Crippen molar-refractivity contribution < 1.29 is 4.79 Å². The van der Waals surface area contributed by atoms with E-state index in [-0.39, 0.29) is 5.78 Å². The number of carbonyl (C=O) groups excluding carboxylic acids is 1. The van der Waals surface area contributed by atoms with Crippen molar-refractivity contribution in [1.29, 1.82) is 0 Å². The number of hydrogen-bond acceptors (Lipinski definition) is 2. The summed E-state index contributed by atoms with van der Waals surface area (Å²) in [5, 5.41) is 4.69. The van der Waals surface area contributed by atoms with Crippen LogP contribution in [0.15, 0.2) is 28.7 Å². The van der Waals surface area contributed by atoms with Crippen molar-refractivity contribution in [3.05, 3.63) is 50.7 Å². The molecule has 0 radical (unpaired) electrons. The highest BCUT2D eigenvalue weighted by Crippen LogP contribution is 2.22. The molecule has 0 aliphatic carbocycles. The molecule has 5 heteroatoms. The van der Waals surface area contributed by atoms with Crippen LogP contribution in [0.2, 0.25) is 5.02 Å². The molecule has 0 atom stereocenters. The summed E-state index contributed by atoms with van der Waals surface area (Å²) in [6.45, 7) is 1.90. The Balaban J connectivity index is 2.27. The van der Waals surface area contributed by atoms with Crippen molar-refractivity contribution in [2.75, 3.05) is 0 Å². The molecular weight excluding hydrogens is 316 g/mol. The molecule has 0 aliphatic rings. The van der Waals surface area contributed by atoms with Crippen LogP contribution in [0.25, 0.3) is 0 Å². The lowest BCUT2D eigenvalue weighted by molar-refractivity contribution is 0.0991. The van der Waals surface area contributed by atoms with Crippen LogP contribution in [0.4, 0.5) is 0 Å². The second-order valence-corrected chi connectivity index (χ2v) is 5.45. The van der Waals surface area contributed by atoms with E-state index in [1.54, 1.807) is 16.8 Å². The van der Waals surface area contributed by atoms with Gasteiger partial charge in [-0.05, 0) is 31.2 Å². The minimum atomic E-state index is -0.00991. The molecule has 2 aromatic rings. The van der Waals surface area contributed by atoms with Gasteiger partial charge in [0.2, 0.25) is 0 Å². The van der Waals surface area contributed by atoms with Crippen LogP contribution in [0.3, 0.4) is 0 Å². The van der Waals surface area contributed by atoms with E-state index in [1.807, 2.05) is 26.1 Å². The summed E-state index contributed by atoms with van der Waals surface area (Å²) in [6, 6.07) is 7.18. The fourth-order valence-electron chi connectivity index (χ4n) is 1.80. The Morgan fingerprint density at radius 3 is 2.78 bits per heavy atom. The number of aromatic nitrogens is 2. The Labute approximate surface area is 119 Å². The lowest BCUT2D eigenvalue weighted by Crippen LogP contribution is -2.08. The molecule has 1 aromatic carbocycles. The SMILES string of the molecule is Cc1cc(CC(=O)c2cc(Br)ccc2Cl)n(C)n1. The van der Waals surface area contributed by atoms with Crippen LogP contribution in [-0.4, -0.2) is 15.6 Å². The quantitative estimate of drug-likeness (QED) is 0.808. The van der Waals surface area contributed by atoms with Gasteiger partial charge in [-0.15, -0.1) is 0 Å². The number of halogens is 2. The van der Waals surface area contributed by atoms with Crippen LogP contribution < -0.4 is 0 Å². The molecule has 1 heterocycles. The zero-order valence-electron chi connectivity index (χ0n) is 10.1. The molecule has 0 aliphatic heterocycles. The highest BCUT2D eigenvalue weighted by atomic mass is 79.9. The second-order valence-electron chi connectivity index (χ2n) is 4.12. The summed E-state index contributed by atoms with van der Waals surface area (Å²) >= 11 is 9.38. The molecule has 1 aromatic heterocycles. The summed E-state index contributed by atoms with van der Waals surface area (Å²) in [4.78, 5) is 12.2. The first kappa shape index (κ1) is 13.3. The molecule has 2 rings (SSSR count). The van der Waals surface area contributed by atoms with E-state index in [1.165, 1.54) is 0 Å². The van der Waals surface area contributed by atoms with E-state index in [2.05, 4.69) is 21.0 Å². The van der Waals surface area contributed by atoms with Crippen LogP contribution in [0.5, 0.6) is 0 Å². The Morgan fingerprint density at radius 2 is 2.17 bits per heavy atom. The van der Waals surface area contributed by atoms with Gasteiger partial charge in [0.1, 0.15) is 0 Å². The van der Waals surface area contributed by atoms with Crippen molar-refractivity contribution in [3.8, 4) is 0 Å². The first-order chi connectivity index (χ1) is 8.47. The first-order valence-electron chi connectivity index (χ1n) is 5.45. The number of Topliss-reactive ketones (excluding diaryl/α,β-unsaturated/α-hetero) is 1. The first-order valence-corrected chi connectivity index (χ1v) is 6.62. The van der Waals surface area contributed by atoms with Gasteiger partial charge in [-0.1, -0.05) is 27.5 Å². The third-order valence-corrected chi connectivity index (χ3v) is 3.49. The van der Waals surface area contributed by atoms with Gasteiger partial charge in [0.25, 0.3) is 0 Å². The van der Waals surface area contributed by atoms with E-state index in [0.717, 1.165) is 15.9 Å². The molecule has 94 valence electrons. The number of aryl methyl sites for hydroxylation is 2. The Bertz CT molecular complexity index is 607. The number of ketones is 1. The van der Waals surface area contributed by atoms with E-state index >= 15 is 0 Å². The number of benzene rings is 1. The van der Waals surface area contributed by atoms with Gasteiger partial charge in [-0.2, -0.15) is 5.10 Å². The summed E-state index contributed by atoms with van der Waals surface area (Å²) in [5.74, 6) is -0.00991. The Kier molecular flexibility index (Phi) is 3.88. The lowest BCUT2D eigenvalue weighted by Gasteiger charge is -2.04. The smallest absolute Gasteiger partial charge is 0.170 e. The maximum absolute atomic E-state index is 12.2. The third kappa shape index (κ3) is 2.82. The van der Waals surface area contributed by atoms with Gasteiger partial charge in [0, 0.05) is 22.8 Å². The summed E-state index contributed by atoms with van der Waals surface area (Å²) in [5.41, 5.74) is 2.32. The predicted octanol–water partition coefficient (Wildman–Crippen LogP) is 3.57. The fraction of sp³-hybridized carbons (Fsp3) is 0.231. The number of rotatable bonds is 3. The Morgan fingerprint density at radius 1 is 1.44 bits per heavy atom. The molecule has 0 N–H and O–H groups in total. The monoisotopic (exact) mass is 326 g/mol. The maximum atomic E-state index is 12.2. The molecule has 0 amide bonds. The highest BCUT2D eigenvalue weighted by molar-refractivity contribution is 9.10. The minimum absolute atomic E-state index is 0.00991. The molecule has 0 unspecified atom stereocenters. The van der Waals surface area contributed by atoms with Gasteiger partial charge < -0.3 is 0 Å². The van der Waals surface area contributed by atoms with Crippen molar-refractivity contribution in [1.82, 2.24) is 9.78 Å². The van der Waals surface area contributed by atoms with Crippen LogP contribution in [0.1, 0.15) is 21.7 Å². The zero-order chi connectivity index (χ0) is 13.3. The second kappa shape index (κ2) is 5.24. The minimum Gasteiger partial charge on any atom is -0.294 e. The van der Waals surface area contributed by atoms with Crippen molar-refractivity contribution in [2.24, 2.45) is 7.05 Å². The molecule has 0 fully saturated rings. The Hall–Kier alpha value is -1.13. The number of nitrogens with zero attached hydrogens (tertiary/aromatic N) is 2. The molecule has 0 spiro atoms. The van der Waals surface area contributed by atoms with Crippen LogP contribution in [-0.2, 0) is 13.5 Å². The van der Waals surface area contributed by atoms with E-state index in [4.69, 9.17) is 11.6 Å². The molecular formula is C13H12BrClN2O. The molecule has 18 heavy (non-hydrogen) atoms. The average molecular weight is 328 g/mol. The predicted molar refractivity (Wildman–Crippen MR) is 75.1 cm³/mol. The van der Waals surface area contributed by atoms with Crippen LogP contribution in [0, 0.1) is 6.92 Å². The zero-order valence-corrected chi connectivity index (χ0v) is 12.4. The number of hydrogen-bond donors (Lipinski definition) is 0. The van der Waals surface area contributed by atoms with Gasteiger partial charge in [-0.3, -0.25) is 9.48 Å². The van der Waals surface area contributed by atoms with Crippen LogP contribution >= 0.6 is 27.5 Å². The molecule has 0 saturated heterocycles. The summed E-state index contributed by atoms with van der Waals surface area (Å²) < 4.78 is 2.57. The highest BCUT2D eigenvalue weighted by Gasteiger charge is 2.14. The van der Waals surface area contributed by atoms with Crippen molar-refractivity contribution in [2.45, 2.75) is 13.3 Å². The van der Waals surface area contributed by atoms with Gasteiger partial charge >= 0.3 is 0 Å². The van der Waals surface area contributed by atoms with Gasteiger partial charge in [0.05, 0.1) is 17.1 Å². The van der Waals surface area contributed by atoms with Gasteiger partial charge in [-0.25, -0.2) is 0 Å². The van der Waals surface area contributed by atoms with E-state index in [9.17, 15) is 4.79 Å². The van der Waals surface area contributed by atoms with E-state index < -0.39 is 0 Å². The fourth-order valence-corrected chi connectivity index (χ4v) is 2.38. The largest absolute Gasteiger partial charge is 0.294 e. The molecule has 3 nitrogen and oxygen atoms in total. The topological polar surface area (TPSA) is 34.9 Å². The standard InChI is InChI=1S/C13H12BrClN2O/c1-8-5-10(17(2)16-8)7-13(18)11-6-9(14)3-4-12(11)15/h3-6H,7H2,1-2H3. The molecule has 0 saturated carbocycles. The average Bonchev–Trinajstić information content (AvgIpc) is 2.61. The summed E-state index contributed by atoms with van der Waals surface area (Å²) in [7, 11) is 1.83. The van der Waals surface area contributed by atoms with Crippen molar-refractivity contribution in [3.63, 3.8) is 0 Å².